The molecular formula is C12H14ClF2NO2. The maximum atomic E-state index is 13.7. The van der Waals surface area contributed by atoms with Gasteiger partial charge in [0, 0.05) is 13.0 Å². The molecule has 1 amide bonds. The monoisotopic (exact) mass is 277 g/mol. The van der Waals surface area contributed by atoms with E-state index in [-0.39, 0.29) is 18.1 Å². The average molecular weight is 278 g/mol. The van der Waals surface area contributed by atoms with Crippen molar-refractivity contribution in [1.82, 2.24) is 5.32 Å². The van der Waals surface area contributed by atoms with E-state index in [2.05, 4.69) is 5.32 Å². The van der Waals surface area contributed by atoms with Crippen LogP contribution >= 0.6 is 11.6 Å². The van der Waals surface area contributed by atoms with E-state index in [0.717, 1.165) is 6.07 Å². The van der Waals surface area contributed by atoms with Crippen LogP contribution in [0.4, 0.5) is 8.78 Å². The molecule has 1 N–H and O–H groups in total. The Morgan fingerprint density at radius 3 is 2.72 bits per heavy atom. The number of carbonyl (C=O) groups is 1. The topological polar surface area (TPSA) is 38.3 Å². The summed E-state index contributed by atoms with van der Waals surface area (Å²) in [6, 6.07) is 1.83. The van der Waals surface area contributed by atoms with E-state index in [0.29, 0.717) is 0 Å². The average Bonchev–Trinajstić information content (AvgIpc) is 2.34. The first-order chi connectivity index (χ1) is 8.51. The molecule has 1 rings (SSSR count). The van der Waals surface area contributed by atoms with Crippen molar-refractivity contribution >= 4 is 17.5 Å². The summed E-state index contributed by atoms with van der Waals surface area (Å²) in [6.45, 7) is 1.63. The van der Waals surface area contributed by atoms with E-state index < -0.39 is 29.1 Å². The number of methoxy groups -OCH3 is 1. The summed E-state index contributed by atoms with van der Waals surface area (Å²) in [4.78, 5) is 11.8. The van der Waals surface area contributed by atoms with Crippen molar-refractivity contribution in [1.29, 1.82) is 0 Å². The summed E-state index contributed by atoms with van der Waals surface area (Å²) in [6.07, 6.45) is 0. The van der Waals surface area contributed by atoms with Gasteiger partial charge in [0.15, 0.2) is 0 Å². The Morgan fingerprint density at radius 1 is 1.50 bits per heavy atom. The van der Waals surface area contributed by atoms with Gasteiger partial charge in [-0.25, -0.2) is 8.78 Å². The molecule has 1 aromatic carbocycles. The van der Waals surface area contributed by atoms with Crippen LogP contribution in [0.5, 0.6) is 0 Å². The maximum absolute atomic E-state index is 13.7. The molecule has 1 atom stereocenters. The highest BCUT2D eigenvalue weighted by Gasteiger charge is 2.21. The van der Waals surface area contributed by atoms with Crippen LogP contribution in [0.25, 0.3) is 0 Å². The first-order valence-corrected chi connectivity index (χ1v) is 5.85. The summed E-state index contributed by atoms with van der Waals surface area (Å²) in [5.74, 6) is -2.51. The molecule has 0 fully saturated rings. The predicted octanol–water partition coefficient (Wildman–Crippen LogP) is 2.26. The van der Waals surface area contributed by atoms with Crippen LogP contribution in [-0.2, 0) is 4.74 Å². The summed E-state index contributed by atoms with van der Waals surface area (Å²) >= 11 is 5.61. The number of carbonyl (C=O) groups excluding carboxylic acids is 1. The van der Waals surface area contributed by atoms with Gasteiger partial charge < -0.3 is 10.1 Å². The van der Waals surface area contributed by atoms with Crippen molar-refractivity contribution in [3.8, 4) is 0 Å². The normalized spacial score (nSPS) is 12.3. The molecule has 0 saturated carbocycles. The van der Waals surface area contributed by atoms with Crippen molar-refractivity contribution in [2.75, 3.05) is 19.6 Å². The Bertz CT molecular complexity index is 440. The lowest BCUT2D eigenvalue weighted by atomic mass is 10.1. The van der Waals surface area contributed by atoms with Crippen LogP contribution in [0.15, 0.2) is 12.1 Å². The molecule has 0 spiro atoms. The Labute approximate surface area is 109 Å². The number of hydrogen-bond donors (Lipinski definition) is 1. The van der Waals surface area contributed by atoms with E-state index >= 15 is 0 Å². The summed E-state index contributed by atoms with van der Waals surface area (Å²) in [5, 5.41) is 2.42. The number of hydrogen-bond acceptors (Lipinski definition) is 2. The van der Waals surface area contributed by atoms with Gasteiger partial charge in [0.2, 0.25) is 0 Å². The lowest BCUT2D eigenvalue weighted by molar-refractivity contribution is 0.0898. The molecule has 1 aromatic rings. The second-order valence-corrected chi connectivity index (χ2v) is 4.14. The third-order valence-electron chi connectivity index (χ3n) is 2.40. The smallest absolute Gasteiger partial charge is 0.257 e. The standard InChI is InChI=1S/C12H14ClF2NO2/c1-7-3-4-9(14)10(11(7)15)12(17)16-8(5-13)6-18-2/h3-4,8H,5-6H2,1-2H3,(H,16,17). The summed E-state index contributed by atoms with van der Waals surface area (Å²) < 4.78 is 32.0. The van der Waals surface area contributed by atoms with Gasteiger partial charge in [0.05, 0.1) is 12.6 Å². The number of rotatable bonds is 5. The maximum Gasteiger partial charge on any atom is 0.257 e. The Kier molecular flexibility index (Phi) is 5.50. The number of halogens is 3. The zero-order chi connectivity index (χ0) is 13.7. The van der Waals surface area contributed by atoms with Crippen LogP contribution in [0.2, 0.25) is 0 Å². The number of aryl methyl sites for hydroxylation is 1. The zero-order valence-electron chi connectivity index (χ0n) is 10.1. The molecule has 0 aromatic heterocycles. The number of alkyl halides is 1. The fourth-order valence-corrected chi connectivity index (χ4v) is 1.61. The Hall–Kier alpha value is -1.20. The van der Waals surface area contributed by atoms with Crippen molar-refractivity contribution in [2.45, 2.75) is 13.0 Å². The Morgan fingerprint density at radius 2 is 2.17 bits per heavy atom. The van der Waals surface area contributed by atoms with E-state index in [4.69, 9.17) is 16.3 Å². The highest BCUT2D eigenvalue weighted by molar-refractivity contribution is 6.18. The van der Waals surface area contributed by atoms with Gasteiger partial charge in [-0.2, -0.15) is 0 Å². The van der Waals surface area contributed by atoms with Crippen LogP contribution in [0, 0.1) is 18.6 Å². The van der Waals surface area contributed by atoms with E-state index in [1.165, 1.54) is 20.1 Å². The number of amides is 1. The second kappa shape index (κ2) is 6.66. The molecule has 0 aliphatic carbocycles. The highest BCUT2D eigenvalue weighted by Crippen LogP contribution is 2.16. The minimum absolute atomic E-state index is 0.0919. The molecule has 1 unspecified atom stereocenters. The largest absolute Gasteiger partial charge is 0.383 e. The van der Waals surface area contributed by atoms with Crippen LogP contribution in [-0.4, -0.2) is 31.5 Å². The molecule has 6 heteroatoms. The number of nitrogens with one attached hydrogen (secondary N) is 1. The van der Waals surface area contributed by atoms with Gasteiger partial charge in [-0.15, -0.1) is 11.6 Å². The third-order valence-corrected chi connectivity index (χ3v) is 2.77. The van der Waals surface area contributed by atoms with Crippen molar-refractivity contribution in [3.63, 3.8) is 0 Å². The molecule has 0 heterocycles. The van der Waals surface area contributed by atoms with Gasteiger partial charge in [0.25, 0.3) is 5.91 Å². The van der Waals surface area contributed by atoms with E-state index in [1.807, 2.05) is 0 Å². The van der Waals surface area contributed by atoms with Gasteiger partial charge in [-0.3, -0.25) is 4.79 Å². The van der Waals surface area contributed by atoms with Crippen molar-refractivity contribution in [3.05, 3.63) is 34.9 Å². The fourth-order valence-electron chi connectivity index (χ4n) is 1.45. The number of benzene rings is 1. The predicted molar refractivity (Wildman–Crippen MR) is 64.9 cm³/mol. The molecule has 0 aliphatic heterocycles. The minimum Gasteiger partial charge on any atom is -0.383 e. The van der Waals surface area contributed by atoms with Gasteiger partial charge in [-0.1, -0.05) is 6.07 Å². The SMILES string of the molecule is COCC(CCl)NC(=O)c1c(F)ccc(C)c1F. The lowest BCUT2D eigenvalue weighted by Gasteiger charge is -2.15. The molecule has 3 nitrogen and oxygen atoms in total. The molecule has 0 radical (unpaired) electrons. The number of ether oxygens (including phenoxy) is 1. The molecule has 100 valence electrons. The van der Waals surface area contributed by atoms with E-state index in [1.54, 1.807) is 0 Å². The quantitative estimate of drug-likeness (QED) is 0.839. The van der Waals surface area contributed by atoms with Gasteiger partial charge in [0.1, 0.15) is 17.2 Å². The fraction of sp³-hybridized carbons (Fsp3) is 0.417. The van der Waals surface area contributed by atoms with E-state index in [9.17, 15) is 13.6 Å². The third kappa shape index (κ3) is 3.40. The van der Waals surface area contributed by atoms with Crippen LogP contribution in [0.3, 0.4) is 0 Å². The van der Waals surface area contributed by atoms with Crippen LogP contribution in [0.1, 0.15) is 15.9 Å². The van der Waals surface area contributed by atoms with Gasteiger partial charge in [-0.05, 0) is 18.6 Å². The first-order valence-electron chi connectivity index (χ1n) is 5.31. The van der Waals surface area contributed by atoms with Crippen LogP contribution < -0.4 is 5.32 Å². The molecule has 0 aliphatic rings. The summed E-state index contributed by atoms with van der Waals surface area (Å²) in [5.41, 5.74) is -0.392. The molecular weight excluding hydrogens is 264 g/mol. The lowest BCUT2D eigenvalue weighted by Crippen LogP contribution is -2.40. The molecule has 18 heavy (non-hydrogen) atoms. The molecule has 0 bridgehead atoms. The van der Waals surface area contributed by atoms with Gasteiger partial charge >= 0.3 is 0 Å². The Balaban J connectivity index is 2.93. The molecule has 0 saturated heterocycles. The minimum atomic E-state index is -0.902. The highest BCUT2D eigenvalue weighted by atomic mass is 35.5. The summed E-state index contributed by atoms with van der Waals surface area (Å²) in [7, 11) is 1.44. The van der Waals surface area contributed by atoms with Crippen molar-refractivity contribution in [2.24, 2.45) is 0 Å². The second-order valence-electron chi connectivity index (χ2n) is 3.83. The first kappa shape index (κ1) is 14.9. The zero-order valence-corrected chi connectivity index (χ0v) is 10.9. The van der Waals surface area contributed by atoms with Crippen molar-refractivity contribution < 1.29 is 18.3 Å².